The Morgan fingerprint density at radius 3 is 2.55 bits per heavy atom. The number of oxime groups is 1. The highest BCUT2D eigenvalue weighted by Gasteiger charge is 2.28. The molecule has 0 bridgehead atoms. The summed E-state index contributed by atoms with van der Waals surface area (Å²) in [6, 6.07) is 0. The summed E-state index contributed by atoms with van der Waals surface area (Å²) in [5.74, 6) is 4.49. The van der Waals surface area contributed by atoms with Crippen molar-refractivity contribution in [2.24, 2.45) is 21.3 Å². The van der Waals surface area contributed by atoms with Crippen molar-refractivity contribution in [3.8, 4) is 0 Å². The van der Waals surface area contributed by atoms with Crippen LogP contribution >= 0.6 is 0 Å². The Kier molecular flexibility index (Phi) is 3.93. The molecule has 64 valence electrons. The van der Waals surface area contributed by atoms with Gasteiger partial charge in [0, 0.05) is 0 Å². The van der Waals surface area contributed by atoms with Gasteiger partial charge >= 0.3 is 6.18 Å². The molecular formula is C3H5F3N4O. The maximum absolute atomic E-state index is 11.3. The normalized spacial score (nSPS) is 13.0. The fraction of sp³-hybridized carbons (Fsp3) is 0.667. The zero-order valence-corrected chi connectivity index (χ0v) is 5.25. The Labute approximate surface area is 59.7 Å². The zero-order valence-electron chi connectivity index (χ0n) is 5.25. The van der Waals surface area contributed by atoms with Gasteiger partial charge in [0.1, 0.15) is 0 Å². The Balaban J connectivity index is 3.42. The van der Waals surface area contributed by atoms with E-state index in [1.54, 1.807) is 0 Å². The first-order valence-corrected chi connectivity index (χ1v) is 2.37. The SMILES string of the molecule is NN=NC=NOCC(F)(F)F. The van der Waals surface area contributed by atoms with Crippen molar-refractivity contribution in [3.63, 3.8) is 0 Å². The monoisotopic (exact) mass is 170 g/mol. The Morgan fingerprint density at radius 2 is 2.09 bits per heavy atom. The van der Waals surface area contributed by atoms with Crippen LogP contribution in [0.3, 0.4) is 0 Å². The molecular weight excluding hydrogens is 165 g/mol. The molecule has 5 nitrogen and oxygen atoms in total. The number of hydrogen-bond donors (Lipinski definition) is 1. The maximum atomic E-state index is 11.3. The molecule has 0 aromatic carbocycles. The number of alkyl halides is 3. The second kappa shape index (κ2) is 4.47. The van der Waals surface area contributed by atoms with Crippen LogP contribution in [0, 0.1) is 0 Å². The minimum atomic E-state index is -4.39. The van der Waals surface area contributed by atoms with Crippen LogP contribution in [0.5, 0.6) is 0 Å². The number of rotatable bonds is 3. The minimum absolute atomic E-state index is 0.658. The molecule has 0 aromatic heterocycles. The molecule has 0 amide bonds. The van der Waals surface area contributed by atoms with Gasteiger partial charge in [0.2, 0.25) is 6.61 Å². The molecule has 0 aliphatic heterocycles. The lowest BCUT2D eigenvalue weighted by molar-refractivity contribution is -0.173. The predicted octanol–water partition coefficient (Wildman–Crippen LogP) is 0.835. The summed E-state index contributed by atoms with van der Waals surface area (Å²) in [4.78, 5) is 3.74. The Bertz CT molecular complexity index is 153. The second-order valence-electron chi connectivity index (χ2n) is 1.34. The lowest BCUT2D eigenvalue weighted by Gasteiger charge is -2.01. The van der Waals surface area contributed by atoms with Gasteiger partial charge in [-0.15, -0.1) is 5.11 Å². The molecule has 0 aromatic rings. The summed E-state index contributed by atoms with van der Waals surface area (Å²) >= 11 is 0. The van der Waals surface area contributed by atoms with Crippen LogP contribution in [0.25, 0.3) is 0 Å². The van der Waals surface area contributed by atoms with Crippen molar-refractivity contribution in [1.29, 1.82) is 0 Å². The number of hydrogen-bond acceptors (Lipinski definition) is 3. The van der Waals surface area contributed by atoms with Crippen molar-refractivity contribution in [2.75, 3.05) is 6.61 Å². The Hall–Kier alpha value is -1.34. The molecule has 11 heavy (non-hydrogen) atoms. The van der Waals surface area contributed by atoms with Crippen LogP contribution in [0.4, 0.5) is 13.2 Å². The molecule has 0 unspecified atom stereocenters. The van der Waals surface area contributed by atoms with Crippen molar-refractivity contribution < 1.29 is 18.0 Å². The minimum Gasteiger partial charge on any atom is -0.385 e. The second-order valence-corrected chi connectivity index (χ2v) is 1.34. The van der Waals surface area contributed by atoms with Gasteiger partial charge in [0.25, 0.3) is 0 Å². The van der Waals surface area contributed by atoms with E-state index >= 15 is 0 Å². The van der Waals surface area contributed by atoms with Crippen LogP contribution in [0.15, 0.2) is 15.5 Å². The van der Waals surface area contributed by atoms with Crippen molar-refractivity contribution in [3.05, 3.63) is 0 Å². The topological polar surface area (TPSA) is 72.3 Å². The van der Waals surface area contributed by atoms with Gasteiger partial charge in [-0.3, -0.25) is 0 Å². The third-order valence-corrected chi connectivity index (χ3v) is 0.468. The molecule has 0 spiro atoms. The Morgan fingerprint density at radius 1 is 1.45 bits per heavy atom. The van der Waals surface area contributed by atoms with E-state index in [0.29, 0.717) is 6.34 Å². The lowest BCUT2D eigenvalue weighted by Crippen LogP contribution is -2.14. The molecule has 8 heteroatoms. The van der Waals surface area contributed by atoms with Crippen molar-refractivity contribution >= 4 is 6.34 Å². The maximum Gasteiger partial charge on any atom is 0.425 e. The molecule has 0 saturated heterocycles. The fourth-order valence-electron chi connectivity index (χ4n) is 0.195. The highest BCUT2D eigenvalue weighted by atomic mass is 19.4. The van der Waals surface area contributed by atoms with Gasteiger partial charge in [-0.25, -0.2) is 0 Å². The van der Waals surface area contributed by atoms with Crippen molar-refractivity contribution in [1.82, 2.24) is 0 Å². The van der Waals surface area contributed by atoms with E-state index in [9.17, 15) is 13.2 Å². The van der Waals surface area contributed by atoms with E-state index in [4.69, 9.17) is 0 Å². The summed E-state index contributed by atoms with van der Waals surface area (Å²) in [5.41, 5.74) is 0. The number of nitrogens with zero attached hydrogens (tertiary/aromatic N) is 3. The largest absolute Gasteiger partial charge is 0.425 e. The molecule has 0 aliphatic carbocycles. The summed E-state index contributed by atoms with van der Waals surface area (Å²) in [6.07, 6.45) is -3.73. The molecule has 0 rings (SSSR count). The quantitative estimate of drug-likeness (QED) is 0.224. The van der Waals surface area contributed by atoms with Gasteiger partial charge in [-0.2, -0.15) is 13.2 Å². The summed E-state index contributed by atoms with van der Waals surface area (Å²) in [6.45, 7) is -1.45. The average molecular weight is 170 g/mol. The van der Waals surface area contributed by atoms with Crippen molar-refractivity contribution in [2.45, 2.75) is 6.18 Å². The van der Waals surface area contributed by atoms with Crippen LogP contribution in [0.1, 0.15) is 0 Å². The van der Waals surface area contributed by atoms with E-state index < -0.39 is 12.8 Å². The first-order chi connectivity index (χ1) is 5.06. The molecule has 2 N–H and O–H groups in total. The third-order valence-electron chi connectivity index (χ3n) is 0.468. The smallest absolute Gasteiger partial charge is 0.385 e. The van der Waals surface area contributed by atoms with E-state index in [1.165, 1.54) is 0 Å². The number of nitrogens with two attached hydrogens (primary N) is 1. The van der Waals surface area contributed by atoms with E-state index in [2.05, 4.69) is 26.2 Å². The van der Waals surface area contributed by atoms with Gasteiger partial charge in [-0.05, 0) is 0 Å². The predicted molar refractivity (Wildman–Crippen MR) is 29.5 cm³/mol. The summed E-state index contributed by atoms with van der Waals surface area (Å²) in [5, 5.41) is 8.36. The first-order valence-electron chi connectivity index (χ1n) is 2.37. The van der Waals surface area contributed by atoms with E-state index in [1.807, 2.05) is 0 Å². The number of halogens is 3. The van der Waals surface area contributed by atoms with Gasteiger partial charge in [-0.1, -0.05) is 10.4 Å². The molecule has 0 radical (unpaired) electrons. The molecule has 0 atom stereocenters. The van der Waals surface area contributed by atoms with Crippen LogP contribution in [-0.4, -0.2) is 19.1 Å². The first kappa shape index (κ1) is 9.66. The standard InChI is InChI=1S/C3H5F3N4O/c4-3(5,6)1-11-9-2-8-10-7/h2H,1H2,(H2,7,8,9). The van der Waals surface area contributed by atoms with E-state index in [0.717, 1.165) is 0 Å². The van der Waals surface area contributed by atoms with Gasteiger partial charge in [0.05, 0.1) is 0 Å². The molecule has 0 fully saturated rings. The van der Waals surface area contributed by atoms with Crippen LogP contribution in [-0.2, 0) is 4.84 Å². The summed E-state index contributed by atoms with van der Waals surface area (Å²) in [7, 11) is 0. The third kappa shape index (κ3) is 8.66. The molecule has 0 aliphatic rings. The lowest BCUT2D eigenvalue weighted by atomic mass is 10.7. The molecule has 0 heterocycles. The zero-order chi connectivity index (χ0) is 8.74. The van der Waals surface area contributed by atoms with Gasteiger partial charge < -0.3 is 10.7 Å². The highest BCUT2D eigenvalue weighted by molar-refractivity contribution is 5.53. The average Bonchev–Trinajstić information content (AvgIpc) is 1.85. The van der Waals surface area contributed by atoms with Gasteiger partial charge in [0.15, 0.2) is 6.34 Å². The highest BCUT2D eigenvalue weighted by Crippen LogP contribution is 2.14. The van der Waals surface area contributed by atoms with Crippen LogP contribution < -0.4 is 5.84 Å². The van der Waals surface area contributed by atoms with E-state index in [-0.39, 0.29) is 0 Å². The summed E-state index contributed by atoms with van der Waals surface area (Å²) < 4.78 is 33.9. The fourth-order valence-corrected chi connectivity index (χ4v) is 0.195. The molecule has 0 saturated carbocycles. The van der Waals surface area contributed by atoms with Crippen LogP contribution in [0.2, 0.25) is 0 Å².